The maximum atomic E-state index is 8.29. The van der Waals surface area contributed by atoms with Gasteiger partial charge in [-0.15, -0.1) is 0 Å². The van der Waals surface area contributed by atoms with Crippen molar-refractivity contribution in [2.45, 2.75) is 27.2 Å². The molecule has 0 fully saturated rings. The molecule has 0 amide bonds. The third-order valence-electron chi connectivity index (χ3n) is 1.72. The van der Waals surface area contributed by atoms with Gasteiger partial charge in [0.15, 0.2) is 0 Å². The summed E-state index contributed by atoms with van der Waals surface area (Å²) in [6, 6.07) is 11.2. The number of nitrogens with zero attached hydrogens (tertiary/aromatic N) is 1. The Morgan fingerprint density at radius 1 is 1.23 bits per heavy atom. The van der Waals surface area contributed by atoms with Gasteiger partial charge in [0.25, 0.3) is 0 Å². The fourth-order valence-corrected chi connectivity index (χ4v) is 0.513. The molecule has 0 bridgehead atoms. The van der Waals surface area contributed by atoms with Crippen molar-refractivity contribution in [3.05, 3.63) is 35.9 Å². The predicted octanol–water partition coefficient (Wildman–Crippen LogP) is 3.61. The van der Waals surface area contributed by atoms with Gasteiger partial charge in [0.2, 0.25) is 0 Å². The standard InChI is InChI=1S/C7H5N.C5H12/c8-6-7-4-2-1-3-5-7;1-4-5(2)3/h1-5H;5H,4H2,1-3H3. The second kappa shape index (κ2) is 7.36. The Kier molecular flexibility index (Phi) is 6.63. The highest BCUT2D eigenvalue weighted by atomic mass is 14.2. The number of hydrogen-bond acceptors (Lipinski definition) is 1. The molecule has 0 saturated carbocycles. The molecule has 1 aromatic rings. The molecule has 1 heteroatoms. The lowest BCUT2D eigenvalue weighted by atomic mass is 10.2. The SMILES string of the molecule is CCC(C)C.N#Cc1ccccc1. The molecule has 0 aromatic heterocycles. The quantitative estimate of drug-likeness (QED) is 0.639. The van der Waals surface area contributed by atoms with Crippen LogP contribution in [-0.4, -0.2) is 0 Å². The van der Waals surface area contributed by atoms with Gasteiger partial charge < -0.3 is 0 Å². The summed E-state index contributed by atoms with van der Waals surface area (Å²) >= 11 is 0. The van der Waals surface area contributed by atoms with Gasteiger partial charge in [0.1, 0.15) is 0 Å². The average molecular weight is 175 g/mol. The number of nitriles is 1. The Bertz CT molecular complexity index is 244. The largest absolute Gasteiger partial charge is 0.192 e. The molecule has 1 nitrogen and oxygen atoms in total. The number of rotatable bonds is 1. The van der Waals surface area contributed by atoms with E-state index in [0.29, 0.717) is 5.56 Å². The fraction of sp³-hybridized carbons (Fsp3) is 0.417. The zero-order valence-electron chi connectivity index (χ0n) is 8.62. The van der Waals surface area contributed by atoms with E-state index in [0.717, 1.165) is 5.92 Å². The monoisotopic (exact) mass is 175 g/mol. The van der Waals surface area contributed by atoms with Crippen molar-refractivity contribution in [3.8, 4) is 6.07 Å². The average Bonchev–Trinajstić information content (AvgIpc) is 2.20. The first kappa shape index (κ1) is 11.7. The molecule has 0 spiro atoms. The van der Waals surface area contributed by atoms with Crippen molar-refractivity contribution < 1.29 is 0 Å². The third-order valence-corrected chi connectivity index (χ3v) is 1.72. The second-order valence-corrected chi connectivity index (χ2v) is 3.28. The van der Waals surface area contributed by atoms with Crippen LogP contribution in [0.3, 0.4) is 0 Å². The lowest BCUT2D eigenvalue weighted by Gasteiger charge is -1.90. The molecule has 13 heavy (non-hydrogen) atoms. The van der Waals surface area contributed by atoms with Crippen molar-refractivity contribution in [3.63, 3.8) is 0 Å². The van der Waals surface area contributed by atoms with Crippen LogP contribution in [0.2, 0.25) is 0 Å². The first-order valence-corrected chi connectivity index (χ1v) is 4.65. The van der Waals surface area contributed by atoms with Crippen molar-refractivity contribution >= 4 is 0 Å². The Labute approximate surface area is 81.0 Å². The van der Waals surface area contributed by atoms with E-state index in [4.69, 9.17) is 5.26 Å². The van der Waals surface area contributed by atoms with E-state index in [1.807, 2.05) is 24.3 Å². The first-order chi connectivity index (χ1) is 6.20. The number of hydrogen-bond donors (Lipinski definition) is 0. The van der Waals surface area contributed by atoms with Gasteiger partial charge in [-0.3, -0.25) is 0 Å². The summed E-state index contributed by atoms with van der Waals surface area (Å²) < 4.78 is 0. The molecule has 0 heterocycles. The summed E-state index contributed by atoms with van der Waals surface area (Å²) in [5.41, 5.74) is 0.715. The highest BCUT2D eigenvalue weighted by molar-refractivity contribution is 5.27. The number of benzene rings is 1. The molecule has 0 unspecified atom stereocenters. The lowest BCUT2D eigenvalue weighted by Crippen LogP contribution is -1.77. The fourth-order valence-electron chi connectivity index (χ4n) is 0.513. The van der Waals surface area contributed by atoms with Gasteiger partial charge >= 0.3 is 0 Å². The van der Waals surface area contributed by atoms with E-state index < -0.39 is 0 Å². The predicted molar refractivity (Wildman–Crippen MR) is 56.3 cm³/mol. The van der Waals surface area contributed by atoms with Crippen LogP contribution in [0.5, 0.6) is 0 Å². The van der Waals surface area contributed by atoms with E-state index in [1.165, 1.54) is 6.42 Å². The van der Waals surface area contributed by atoms with E-state index >= 15 is 0 Å². The highest BCUT2D eigenvalue weighted by Crippen LogP contribution is 1.94. The van der Waals surface area contributed by atoms with Gasteiger partial charge in [-0.1, -0.05) is 45.4 Å². The van der Waals surface area contributed by atoms with Gasteiger partial charge in [-0.05, 0) is 18.1 Å². The van der Waals surface area contributed by atoms with Crippen molar-refractivity contribution in [2.75, 3.05) is 0 Å². The molecule has 0 radical (unpaired) electrons. The van der Waals surface area contributed by atoms with Crippen molar-refractivity contribution in [1.82, 2.24) is 0 Å². The lowest BCUT2D eigenvalue weighted by molar-refractivity contribution is 0.626. The second-order valence-electron chi connectivity index (χ2n) is 3.28. The van der Waals surface area contributed by atoms with E-state index in [9.17, 15) is 0 Å². The third kappa shape index (κ3) is 7.08. The summed E-state index contributed by atoms with van der Waals surface area (Å²) in [7, 11) is 0. The Hall–Kier alpha value is -1.29. The van der Waals surface area contributed by atoms with Crippen LogP contribution in [-0.2, 0) is 0 Å². The van der Waals surface area contributed by atoms with E-state index in [-0.39, 0.29) is 0 Å². The van der Waals surface area contributed by atoms with E-state index in [2.05, 4.69) is 20.8 Å². The van der Waals surface area contributed by atoms with Crippen molar-refractivity contribution in [2.24, 2.45) is 5.92 Å². The van der Waals surface area contributed by atoms with Crippen LogP contribution in [0.1, 0.15) is 32.8 Å². The van der Waals surface area contributed by atoms with Gasteiger partial charge in [0, 0.05) is 0 Å². The summed E-state index contributed by atoms with van der Waals surface area (Å²) in [5.74, 6) is 0.884. The molecule has 0 aliphatic rings. The van der Waals surface area contributed by atoms with Crippen LogP contribution in [0.15, 0.2) is 30.3 Å². The smallest absolute Gasteiger partial charge is 0.0991 e. The summed E-state index contributed by atoms with van der Waals surface area (Å²) in [6.45, 7) is 6.64. The minimum absolute atomic E-state index is 0.715. The normalized spacial score (nSPS) is 8.54. The van der Waals surface area contributed by atoms with Gasteiger partial charge in [-0.25, -0.2) is 0 Å². The van der Waals surface area contributed by atoms with Gasteiger partial charge in [0.05, 0.1) is 11.6 Å². The van der Waals surface area contributed by atoms with E-state index in [1.54, 1.807) is 12.1 Å². The molecule has 0 aliphatic carbocycles. The summed E-state index contributed by atoms with van der Waals surface area (Å²) in [5, 5.41) is 8.29. The Morgan fingerprint density at radius 3 is 1.92 bits per heavy atom. The van der Waals surface area contributed by atoms with Crippen LogP contribution in [0.4, 0.5) is 0 Å². The first-order valence-electron chi connectivity index (χ1n) is 4.65. The molecule has 0 N–H and O–H groups in total. The molecule has 70 valence electrons. The highest BCUT2D eigenvalue weighted by Gasteiger charge is 1.80. The van der Waals surface area contributed by atoms with Crippen LogP contribution in [0.25, 0.3) is 0 Å². The summed E-state index contributed by atoms with van der Waals surface area (Å²) in [6.07, 6.45) is 1.31. The Morgan fingerprint density at radius 2 is 1.69 bits per heavy atom. The molecule has 1 aromatic carbocycles. The van der Waals surface area contributed by atoms with Crippen molar-refractivity contribution in [1.29, 1.82) is 5.26 Å². The van der Waals surface area contributed by atoms with Crippen LogP contribution in [0, 0.1) is 17.2 Å². The minimum Gasteiger partial charge on any atom is -0.192 e. The molecule has 0 atom stereocenters. The summed E-state index contributed by atoms with van der Waals surface area (Å²) in [4.78, 5) is 0. The zero-order valence-corrected chi connectivity index (χ0v) is 8.62. The molecular weight excluding hydrogens is 158 g/mol. The molecule has 0 aliphatic heterocycles. The van der Waals surface area contributed by atoms with Crippen LogP contribution >= 0.6 is 0 Å². The topological polar surface area (TPSA) is 23.8 Å². The molecule has 1 rings (SSSR count). The Balaban J connectivity index is 0.000000252. The minimum atomic E-state index is 0.715. The maximum Gasteiger partial charge on any atom is 0.0991 e. The van der Waals surface area contributed by atoms with Crippen LogP contribution < -0.4 is 0 Å². The van der Waals surface area contributed by atoms with Gasteiger partial charge in [-0.2, -0.15) is 5.26 Å². The zero-order chi connectivity index (χ0) is 10.1. The maximum absolute atomic E-state index is 8.29. The molecule has 0 saturated heterocycles. The molecular formula is C12H17N.